The first kappa shape index (κ1) is 11.2. The van der Waals surface area contributed by atoms with Crippen molar-refractivity contribution in [3.63, 3.8) is 0 Å². The van der Waals surface area contributed by atoms with Crippen LogP contribution >= 0.6 is 0 Å². The highest BCUT2D eigenvalue weighted by Gasteiger charge is 2.31. The predicted octanol–water partition coefficient (Wildman–Crippen LogP) is 2.91. The van der Waals surface area contributed by atoms with Gasteiger partial charge in [0, 0.05) is 5.56 Å². The first-order valence-corrected chi connectivity index (χ1v) is 6.06. The van der Waals surface area contributed by atoms with Crippen LogP contribution in [0.3, 0.4) is 0 Å². The summed E-state index contributed by atoms with van der Waals surface area (Å²) in [5, 5.41) is 9.84. The van der Waals surface area contributed by atoms with Gasteiger partial charge in [0.1, 0.15) is 5.60 Å². The van der Waals surface area contributed by atoms with E-state index in [9.17, 15) is 5.11 Å². The standard InChI is InChI=1S/C15H18O/c1-2-4-13-5-7-14(8-6-13)9-12-15(16)10-3-11-15/h5-8,16H,2-4,10-11H2,1H3. The van der Waals surface area contributed by atoms with Gasteiger partial charge in [0.15, 0.2) is 0 Å². The van der Waals surface area contributed by atoms with Gasteiger partial charge in [-0.1, -0.05) is 37.3 Å². The Balaban J connectivity index is 2.04. The van der Waals surface area contributed by atoms with Crippen LogP contribution in [-0.4, -0.2) is 10.7 Å². The van der Waals surface area contributed by atoms with E-state index in [2.05, 4.69) is 30.9 Å². The fourth-order valence-electron chi connectivity index (χ4n) is 1.87. The monoisotopic (exact) mass is 214 g/mol. The van der Waals surface area contributed by atoms with Gasteiger partial charge >= 0.3 is 0 Å². The summed E-state index contributed by atoms with van der Waals surface area (Å²) in [4.78, 5) is 0. The molecular weight excluding hydrogens is 196 g/mol. The number of rotatable bonds is 2. The smallest absolute Gasteiger partial charge is 0.125 e. The molecule has 0 unspecified atom stereocenters. The van der Waals surface area contributed by atoms with E-state index >= 15 is 0 Å². The van der Waals surface area contributed by atoms with Crippen molar-refractivity contribution in [1.82, 2.24) is 0 Å². The van der Waals surface area contributed by atoms with Gasteiger partial charge in [-0.15, -0.1) is 0 Å². The van der Waals surface area contributed by atoms with Crippen LogP contribution in [0, 0.1) is 11.8 Å². The second-order valence-electron chi connectivity index (χ2n) is 4.58. The van der Waals surface area contributed by atoms with E-state index in [1.807, 2.05) is 12.1 Å². The fourth-order valence-corrected chi connectivity index (χ4v) is 1.87. The van der Waals surface area contributed by atoms with Crippen molar-refractivity contribution in [3.8, 4) is 11.8 Å². The molecular formula is C15H18O. The van der Waals surface area contributed by atoms with Crippen LogP contribution in [0.15, 0.2) is 24.3 Å². The van der Waals surface area contributed by atoms with E-state index in [4.69, 9.17) is 0 Å². The van der Waals surface area contributed by atoms with Crippen LogP contribution < -0.4 is 0 Å². The van der Waals surface area contributed by atoms with Gasteiger partial charge in [0.05, 0.1) is 0 Å². The molecule has 1 N–H and O–H groups in total. The first-order chi connectivity index (χ1) is 7.72. The molecule has 0 atom stereocenters. The van der Waals surface area contributed by atoms with Crippen LogP contribution in [-0.2, 0) is 6.42 Å². The summed E-state index contributed by atoms with van der Waals surface area (Å²) in [7, 11) is 0. The number of benzene rings is 1. The van der Waals surface area contributed by atoms with E-state index in [0.717, 1.165) is 31.2 Å². The zero-order valence-electron chi connectivity index (χ0n) is 9.79. The number of aryl methyl sites for hydroxylation is 1. The molecule has 1 nitrogen and oxygen atoms in total. The van der Waals surface area contributed by atoms with E-state index in [0.29, 0.717) is 0 Å². The number of hydrogen-bond acceptors (Lipinski definition) is 1. The van der Waals surface area contributed by atoms with Crippen molar-refractivity contribution in [3.05, 3.63) is 35.4 Å². The Labute approximate surface area is 97.5 Å². The largest absolute Gasteiger partial charge is 0.378 e. The van der Waals surface area contributed by atoms with Gasteiger partial charge in [-0.25, -0.2) is 0 Å². The average Bonchev–Trinajstić information content (AvgIpc) is 2.26. The summed E-state index contributed by atoms with van der Waals surface area (Å²) in [5.41, 5.74) is 1.66. The Morgan fingerprint density at radius 3 is 2.44 bits per heavy atom. The predicted molar refractivity (Wildman–Crippen MR) is 66.1 cm³/mol. The third-order valence-electron chi connectivity index (χ3n) is 3.11. The summed E-state index contributed by atoms with van der Waals surface area (Å²) in [6, 6.07) is 8.33. The minimum atomic E-state index is -0.692. The van der Waals surface area contributed by atoms with Crippen molar-refractivity contribution in [2.45, 2.75) is 44.6 Å². The second kappa shape index (κ2) is 4.72. The lowest BCUT2D eigenvalue weighted by Crippen LogP contribution is -2.34. The molecule has 1 fully saturated rings. The zero-order valence-corrected chi connectivity index (χ0v) is 9.79. The quantitative estimate of drug-likeness (QED) is 0.750. The molecule has 0 saturated heterocycles. The highest BCUT2D eigenvalue weighted by molar-refractivity contribution is 5.38. The molecule has 0 amide bonds. The lowest BCUT2D eigenvalue weighted by atomic mass is 9.81. The Hall–Kier alpha value is -1.26. The maximum atomic E-state index is 9.84. The summed E-state index contributed by atoms with van der Waals surface area (Å²) in [6.45, 7) is 2.18. The molecule has 1 aromatic carbocycles. The lowest BCUT2D eigenvalue weighted by Gasteiger charge is -2.30. The van der Waals surface area contributed by atoms with Gasteiger partial charge in [0.2, 0.25) is 0 Å². The molecule has 1 aromatic rings. The van der Waals surface area contributed by atoms with Gasteiger partial charge < -0.3 is 5.11 Å². The van der Waals surface area contributed by atoms with E-state index < -0.39 is 5.60 Å². The van der Waals surface area contributed by atoms with Crippen molar-refractivity contribution >= 4 is 0 Å². The molecule has 0 radical (unpaired) electrons. The van der Waals surface area contributed by atoms with Gasteiger partial charge in [-0.2, -0.15) is 0 Å². The normalized spacial score (nSPS) is 17.1. The lowest BCUT2D eigenvalue weighted by molar-refractivity contribution is 0.0240. The molecule has 0 spiro atoms. The van der Waals surface area contributed by atoms with Gasteiger partial charge in [-0.05, 0) is 43.4 Å². The fraction of sp³-hybridized carbons (Fsp3) is 0.467. The summed E-state index contributed by atoms with van der Waals surface area (Å²) in [5.74, 6) is 6.03. The molecule has 0 aliphatic heterocycles. The zero-order chi connectivity index (χ0) is 11.4. The topological polar surface area (TPSA) is 20.2 Å². The highest BCUT2D eigenvalue weighted by atomic mass is 16.3. The summed E-state index contributed by atoms with van der Waals surface area (Å²) >= 11 is 0. The average molecular weight is 214 g/mol. The minimum absolute atomic E-state index is 0.692. The van der Waals surface area contributed by atoms with E-state index in [-0.39, 0.29) is 0 Å². The highest BCUT2D eigenvalue weighted by Crippen LogP contribution is 2.30. The molecule has 1 aliphatic rings. The van der Waals surface area contributed by atoms with Crippen LogP contribution in [0.1, 0.15) is 43.7 Å². The molecule has 16 heavy (non-hydrogen) atoms. The SMILES string of the molecule is CCCc1ccc(C#CC2(O)CCC2)cc1. The molecule has 0 aromatic heterocycles. The van der Waals surface area contributed by atoms with Gasteiger partial charge in [0.25, 0.3) is 0 Å². The maximum Gasteiger partial charge on any atom is 0.125 e. The summed E-state index contributed by atoms with van der Waals surface area (Å²) in [6.07, 6.45) is 5.05. The molecule has 1 heteroatoms. The van der Waals surface area contributed by atoms with Crippen molar-refractivity contribution in [1.29, 1.82) is 0 Å². The van der Waals surface area contributed by atoms with Crippen LogP contribution in [0.25, 0.3) is 0 Å². The number of aliphatic hydroxyl groups is 1. The van der Waals surface area contributed by atoms with Crippen LogP contribution in [0.4, 0.5) is 0 Å². The molecule has 84 valence electrons. The van der Waals surface area contributed by atoms with E-state index in [1.54, 1.807) is 0 Å². The third-order valence-corrected chi connectivity index (χ3v) is 3.11. The third kappa shape index (κ3) is 2.65. The molecule has 1 saturated carbocycles. The second-order valence-corrected chi connectivity index (χ2v) is 4.58. The van der Waals surface area contributed by atoms with Crippen molar-refractivity contribution < 1.29 is 5.11 Å². The molecule has 2 rings (SSSR count). The van der Waals surface area contributed by atoms with Crippen LogP contribution in [0.2, 0.25) is 0 Å². The minimum Gasteiger partial charge on any atom is -0.378 e. The first-order valence-electron chi connectivity index (χ1n) is 6.06. The maximum absolute atomic E-state index is 9.84. The molecule has 0 bridgehead atoms. The van der Waals surface area contributed by atoms with Crippen molar-refractivity contribution in [2.24, 2.45) is 0 Å². The van der Waals surface area contributed by atoms with Crippen LogP contribution in [0.5, 0.6) is 0 Å². The van der Waals surface area contributed by atoms with Gasteiger partial charge in [-0.3, -0.25) is 0 Å². The Bertz CT molecular complexity index is 401. The Kier molecular flexibility index (Phi) is 3.31. The Morgan fingerprint density at radius 1 is 1.25 bits per heavy atom. The van der Waals surface area contributed by atoms with Crippen molar-refractivity contribution in [2.75, 3.05) is 0 Å². The number of hydrogen-bond donors (Lipinski definition) is 1. The van der Waals surface area contributed by atoms with E-state index in [1.165, 1.54) is 12.0 Å². The summed E-state index contributed by atoms with van der Waals surface area (Å²) < 4.78 is 0. The Morgan fingerprint density at radius 2 is 1.94 bits per heavy atom. The molecule has 1 aliphatic carbocycles. The molecule has 0 heterocycles.